The quantitative estimate of drug-likeness (QED) is 0.627. The summed E-state index contributed by atoms with van der Waals surface area (Å²) in [6.45, 7) is 1.91. The summed E-state index contributed by atoms with van der Waals surface area (Å²) < 4.78 is 4.70. The van der Waals surface area contributed by atoms with E-state index in [9.17, 15) is 9.59 Å². The Bertz CT molecular complexity index is 1020. The number of anilines is 3. The van der Waals surface area contributed by atoms with Crippen LogP contribution in [0, 0.1) is 6.92 Å². The monoisotopic (exact) mass is 396 g/mol. The Morgan fingerprint density at radius 3 is 2.39 bits per heavy atom. The molecule has 0 atom stereocenters. The van der Waals surface area contributed by atoms with Gasteiger partial charge in [-0.2, -0.15) is 0 Å². The Hall–Kier alpha value is -3.45. The van der Waals surface area contributed by atoms with Crippen molar-refractivity contribution in [3.8, 4) is 0 Å². The topological polar surface area (TPSA) is 93.2 Å². The number of amides is 1. The summed E-state index contributed by atoms with van der Waals surface area (Å²) in [5.74, 6) is -0.563. The Kier molecular flexibility index (Phi) is 5.86. The van der Waals surface area contributed by atoms with Gasteiger partial charge in [0, 0.05) is 18.1 Å². The van der Waals surface area contributed by atoms with Crippen LogP contribution in [-0.2, 0) is 4.74 Å². The van der Waals surface area contributed by atoms with Gasteiger partial charge in [0.25, 0.3) is 5.91 Å². The molecule has 0 radical (unpaired) electrons. The lowest BCUT2D eigenvalue weighted by molar-refractivity contribution is 0.0600. The van der Waals surface area contributed by atoms with E-state index in [0.29, 0.717) is 21.8 Å². The van der Waals surface area contributed by atoms with Crippen molar-refractivity contribution in [3.05, 3.63) is 76.6 Å². The van der Waals surface area contributed by atoms with E-state index in [1.807, 2.05) is 31.2 Å². The summed E-state index contributed by atoms with van der Waals surface area (Å²) in [5, 5.41) is 6.13. The van der Waals surface area contributed by atoms with E-state index in [1.165, 1.54) is 25.6 Å². The van der Waals surface area contributed by atoms with Crippen molar-refractivity contribution in [2.75, 3.05) is 17.7 Å². The molecule has 0 saturated carbocycles. The lowest BCUT2D eigenvalue weighted by atomic mass is 10.2. The van der Waals surface area contributed by atoms with Gasteiger partial charge in [-0.15, -0.1) is 0 Å². The van der Waals surface area contributed by atoms with Gasteiger partial charge in [0.05, 0.1) is 28.9 Å². The summed E-state index contributed by atoms with van der Waals surface area (Å²) in [6, 6.07) is 12.1. The molecule has 0 aliphatic carbocycles. The Morgan fingerprint density at radius 1 is 1.00 bits per heavy atom. The molecule has 0 spiro atoms. The first-order valence-electron chi connectivity index (χ1n) is 8.32. The molecule has 1 amide bonds. The summed E-state index contributed by atoms with van der Waals surface area (Å²) in [4.78, 5) is 32.3. The number of aryl methyl sites for hydroxylation is 1. The van der Waals surface area contributed by atoms with E-state index in [2.05, 4.69) is 20.6 Å². The van der Waals surface area contributed by atoms with Crippen LogP contribution in [0.2, 0.25) is 5.02 Å². The van der Waals surface area contributed by atoms with Crippen LogP contribution in [0.4, 0.5) is 17.3 Å². The second kappa shape index (κ2) is 8.49. The average Bonchev–Trinajstić information content (AvgIpc) is 2.71. The molecule has 0 aliphatic heterocycles. The SMILES string of the molecule is COC(=O)c1ccc(Cl)c(Nc2ncc(C(=O)Nc3ccccc3C)cn2)c1. The molecule has 7 nitrogen and oxygen atoms in total. The number of aromatic nitrogens is 2. The molecule has 0 saturated heterocycles. The molecule has 1 aromatic heterocycles. The number of carbonyl (C=O) groups excluding carboxylic acids is 2. The van der Waals surface area contributed by atoms with Crippen LogP contribution < -0.4 is 10.6 Å². The van der Waals surface area contributed by atoms with Crippen LogP contribution in [0.25, 0.3) is 0 Å². The maximum atomic E-state index is 12.4. The van der Waals surface area contributed by atoms with E-state index in [-0.39, 0.29) is 11.9 Å². The van der Waals surface area contributed by atoms with Gasteiger partial charge in [-0.25, -0.2) is 14.8 Å². The largest absolute Gasteiger partial charge is 0.465 e. The highest BCUT2D eigenvalue weighted by atomic mass is 35.5. The minimum absolute atomic E-state index is 0.233. The number of rotatable bonds is 5. The third kappa shape index (κ3) is 4.44. The smallest absolute Gasteiger partial charge is 0.337 e. The number of para-hydroxylation sites is 1. The van der Waals surface area contributed by atoms with Gasteiger partial charge in [-0.1, -0.05) is 29.8 Å². The van der Waals surface area contributed by atoms with Gasteiger partial charge in [0.1, 0.15) is 0 Å². The third-order valence-corrected chi connectivity index (χ3v) is 4.27. The fourth-order valence-corrected chi connectivity index (χ4v) is 2.57. The van der Waals surface area contributed by atoms with Crippen molar-refractivity contribution in [1.29, 1.82) is 0 Å². The number of halogens is 1. The first-order chi connectivity index (χ1) is 13.5. The van der Waals surface area contributed by atoms with Crippen molar-refractivity contribution in [1.82, 2.24) is 9.97 Å². The summed E-state index contributed by atoms with van der Waals surface area (Å²) in [6.07, 6.45) is 2.81. The van der Waals surface area contributed by atoms with Gasteiger partial charge in [0.15, 0.2) is 0 Å². The number of hydrogen-bond acceptors (Lipinski definition) is 6. The molecular formula is C20H17ClN4O3. The molecule has 2 N–H and O–H groups in total. The number of benzene rings is 2. The molecule has 0 fully saturated rings. The van der Waals surface area contributed by atoms with E-state index in [0.717, 1.165) is 11.3 Å². The molecule has 0 bridgehead atoms. The summed E-state index contributed by atoms with van der Waals surface area (Å²) >= 11 is 6.15. The fourth-order valence-electron chi connectivity index (χ4n) is 2.40. The molecule has 28 heavy (non-hydrogen) atoms. The number of hydrogen-bond donors (Lipinski definition) is 2. The Morgan fingerprint density at radius 2 is 1.71 bits per heavy atom. The molecule has 3 aromatic rings. The van der Waals surface area contributed by atoms with Gasteiger partial charge in [-0.3, -0.25) is 4.79 Å². The van der Waals surface area contributed by atoms with Crippen molar-refractivity contribution in [2.45, 2.75) is 6.92 Å². The molecule has 2 aromatic carbocycles. The predicted molar refractivity (Wildman–Crippen MR) is 107 cm³/mol. The van der Waals surface area contributed by atoms with Gasteiger partial charge in [0.2, 0.25) is 5.95 Å². The van der Waals surface area contributed by atoms with Crippen LogP contribution in [-0.4, -0.2) is 29.0 Å². The third-order valence-electron chi connectivity index (χ3n) is 3.94. The number of esters is 1. The maximum absolute atomic E-state index is 12.4. The van der Waals surface area contributed by atoms with Crippen LogP contribution in [0.5, 0.6) is 0 Å². The van der Waals surface area contributed by atoms with Gasteiger partial charge in [-0.05, 0) is 36.8 Å². The zero-order chi connectivity index (χ0) is 20.1. The minimum Gasteiger partial charge on any atom is -0.465 e. The minimum atomic E-state index is -0.483. The summed E-state index contributed by atoms with van der Waals surface area (Å²) in [7, 11) is 1.30. The number of carbonyl (C=O) groups is 2. The zero-order valence-electron chi connectivity index (χ0n) is 15.2. The van der Waals surface area contributed by atoms with Crippen molar-refractivity contribution < 1.29 is 14.3 Å². The second-order valence-electron chi connectivity index (χ2n) is 5.88. The average molecular weight is 397 g/mol. The molecule has 0 aliphatic rings. The van der Waals surface area contributed by atoms with Gasteiger partial charge < -0.3 is 15.4 Å². The van der Waals surface area contributed by atoms with Crippen molar-refractivity contribution in [2.24, 2.45) is 0 Å². The van der Waals surface area contributed by atoms with Crippen molar-refractivity contribution >= 4 is 40.8 Å². The molecule has 142 valence electrons. The Balaban J connectivity index is 1.74. The molecule has 3 rings (SSSR count). The first-order valence-corrected chi connectivity index (χ1v) is 8.69. The number of ether oxygens (including phenoxy) is 1. The normalized spacial score (nSPS) is 10.2. The van der Waals surface area contributed by atoms with E-state index >= 15 is 0 Å². The first kappa shape index (κ1) is 19.3. The molecular weight excluding hydrogens is 380 g/mol. The number of methoxy groups -OCH3 is 1. The Labute approximate surface area is 166 Å². The predicted octanol–water partition coefficient (Wildman–Crippen LogP) is 4.22. The van der Waals surface area contributed by atoms with E-state index < -0.39 is 5.97 Å². The lowest BCUT2D eigenvalue weighted by Crippen LogP contribution is -2.13. The fraction of sp³-hybridized carbons (Fsp3) is 0.100. The van der Waals surface area contributed by atoms with E-state index in [1.54, 1.807) is 12.1 Å². The lowest BCUT2D eigenvalue weighted by Gasteiger charge is -2.10. The summed E-state index contributed by atoms with van der Waals surface area (Å²) in [5.41, 5.74) is 2.77. The van der Waals surface area contributed by atoms with Crippen LogP contribution in [0.1, 0.15) is 26.3 Å². The molecule has 0 unspecified atom stereocenters. The highest BCUT2D eigenvalue weighted by Crippen LogP contribution is 2.25. The standard InChI is InChI=1S/C20H17ClN4O3/c1-12-5-3-4-6-16(12)24-18(26)14-10-22-20(23-11-14)25-17-9-13(19(27)28-2)7-8-15(17)21/h3-11H,1-2H3,(H,24,26)(H,22,23,25). The second-order valence-corrected chi connectivity index (χ2v) is 6.28. The zero-order valence-corrected chi connectivity index (χ0v) is 15.9. The van der Waals surface area contributed by atoms with Gasteiger partial charge >= 0.3 is 5.97 Å². The maximum Gasteiger partial charge on any atom is 0.337 e. The highest BCUT2D eigenvalue weighted by molar-refractivity contribution is 6.33. The molecule has 1 heterocycles. The number of nitrogens with zero attached hydrogens (tertiary/aromatic N) is 2. The van der Waals surface area contributed by atoms with Crippen LogP contribution in [0.3, 0.4) is 0 Å². The van der Waals surface area contributed by atoms with Crippen LogP contribution in [0.15, 0.2) is 54.9 Å². The molecule has 8 heteroatoms. The number of nitrogens with one attached hydrogen (secondary N) is 2. The van der Waals surface area contributed by atoms with Crippen molar-refractivity contribution in [3.63, 3.8) is 0 Å². The van der Waals surface area contributed by atoms with Crippen LogP contribution >= 0.6 is 11.6 Å². The highest BCUT2D eigenvalue weighted by Gasteiger charge is 2.12. The van der Waals surface area contributed by atoms with E-state index in [4.69, 9.17) is 16.3 Å².